The zero-order chi connectivity index (χ0) is 14.8. The molecule has 0 aromatic heterocycles. The maximum absolute atomic E-state index is 12.9. The molecule has 1 aliphatic carbocycles. The third kappa shape index (κ3) is 3.35. The summed E-state index contributed by atoms with van der Waals surface area (Å²) in [5, 5.41) is 0. The molecule has 5 nitrogen and oxygen atoms in total. The van der Waals surface area contributed by atoms with Gasteiger partial charge in [-0.15, -0.1) is 0 Å². The van der Waals surface area contributed by atoms with Crippen LogP contribution in [0.4, 0.5) is 0 Å². The molecule has 0 spiro atoms. The quantitative estimate of drug-likeness (QED) is 0.859. The van der Waals surface area contributed by atoms with E-state index in [9.17, 15) is 8.42 Å². The van der Waals surface area contributed by atoms with Gasteiger partial charge in [0.15, 0.2) is 0 Å². The Morgan fingerprint density at radius 1 is 1.15 bits per heavy atom. The standard InChI is InChI=1S/C14H29N3O2S/c1-3-16(14-9-7-13(15)8-10-14)20(18,19)17-11-5-4-6-12(17)2/h12-14H,3-11,15H2,1-2H3. The van der Waals surface area contributed by atoms with Crippen LogP contribution in [-0.4, -0.2) is 48.2 Å². The highest BCUT2D eigenvalue weighted by molar-refractivity contribution is 7.86. The minimum absolute atomic E-state index is 0.133. The van der Waals surface area contributed by atoms with Crippen LogP contribution >= 0.6 is 0 Å². The van der Waals surface area contributed by atoms with Crippen LogP contribution in [0.2, 0.25) is 0 Å². The largest absolute Gasteiger partial charge is 0.328 e. The summed E-state index contributed by atoms with van der Waals surface area (Å²) in [4.78, 5) is 0. The van der Waals surface area contributed by atoms with Gasteiger partial charge in [0.2, 0.25) is 0 Å². The van der Waals surface area contributed by atoms with Gasteiger partial charge in [-0.3, -0.25) is 0 Å². The maximum atomic E-state index is 12.9. The molecule has 1 saturated carbocycles. The zero-order valence-corrected chi connectivity index (χ0v) is 13.6. The lowest BCUT2D eigenvalue weighted by Gasteiger charge is -2.40. The van der Waals surface area contributed by atoms with Crippen molar-refractivity contribution in [1.29, 1.82) is 0 Å². The summed E-state index contributed by atoms with van der Waals surface area (Å²) in [6, 6.07) is 0.522. The number of hydrogen-bond acceptors (Lipinski definition) is 3. The van der Waals surface area contributed by atoms with Gasteiger partial charge < -0.3 is 5.73 Å². The van der Waals surface area contributed by atoms with E-state index in [4.69, 9.17) is 5.73 Å². The van der Waals surface area contributed by atoms with Gasteiger partial charge in [-0.25, -0.2) is 0 Å². The molecule has 1 saturated heterocycles. The number of nitrogens with two attached hydrogens (primary N) is 1. The van der Waals surface area contributed by atoms with Crippen molar-refractivity contribution in [2.45, 2.75) is 76.9 Å². The average molecular weight is 303 g/mol. The Labute approximate surface area is 123 Å². The molecule has 0 aromatic carbocycles. The fourth-order valence-corrected chi connectivity index (χ4v) is 5.65. The highest BCUT2D eigenvalue weighted by Crippen LogP contribution is 2.28. The van der Waals surface area contributed by atoms with Crippen LogP contribution in [0, 0.1) is 0 Å². The van der Waals surface area contributed by atoms with Crippen molar-refractivity contribution in [3.63, 3.8) is 0 Å². The Morgan fingerprint density at radius 2 is 1.80 bits per heavy atom. The Kier molecular flexibility index (Phi) is 5.45. The van der Waals surface area contributed by atoms with Gasteiger partial charge in [0.05, 0.1) is 0 Å². The molecule has 1 atom stereocenters. The summed E-state index contributed by atoms with van der Waals surface area (Å²) in [6.07, 6.45) is 6.77. The van der Waals surface area contributed by atoms with E-state index in [0.717, 1.165) is 44.9 Å². The van der Waals surface area contributed by atoms with Crippen LogP contribution < -0.4 is 5.73 Å². The van der Waals surface area contributed by atoms with Crippen LogP contribution in [-0.2, 0) is 10.2 Å². The highest BCUT2D eigenvalue weighted by atomic mass is 32.2. The van der Waals surface area contributed by atoms with Crippen LogP contribution in [0.3, 0.4) is 0 Å². The van der Waals surface area contributed by atoms with E-state index < -0.39 is 10.2 Å². The molecule has 2 fully saturated rings. The van der Waals surface area contributed by atoms with Crippen molar-refractivity contribution >= 4 is 10.2 Å². The van der Waals surface area contributed by atoms with E-state index in [-0.39, 0.29) is 18.1 Å². The van der Waals surface area contributed by atoms with Crippen molar-refractivity contribution in [2.24, 2.45) is 5.73 Å². The third-order valence-electron chi connectivity index (χ3n) is 4.80. The van der Waals surface area contributed by atoms with Crippen molar-refractivity contribution < 1.29 is 8.42 Å². The van der Waals surface area contributed by atoms with Gasteiger partial charge in [0, 0.05) is 31.2 Å². The van der Waals surface area contributed by atoms with Crippen LogP contribution in [0.5, 0.6) is 0 Å². The summed E-state index contributed by atoms with van der Waals surface area (Å²) in [5.41, 5.74) is 5.93. The van der Waals surface area contributed by atoms with Crippen molar-refractivity contribution in [1.82, 2.24) is 8.61 Å². The van der Waals surface area contributed by atoms with E-state index in [0.29, 0.717) is 13.1 Å². The molecule has 118 valence electrons. The second kappa shape index (κ2) is 6.73. The van der Waals surface area contributed by atoms with Gasteiger partial charge in [0.25, 0.3) is 10.2 Å². The van der Waals surface area contributed by atoms with Crippen molar-refractivity contribution in [2.75, 3.05) is 13.1 Å². The molecule has 0 radical (unpaired) electrons. The Balaban J connectivity index is 2.12. The van der Waals surface area contributed by atoms with Gasteiger partial charge in [-0.1, -0.05) is 13.3 Å². The number of piperidine rings is 1. The first kappa shape index (κ1) is 16.2. The summed E-state index contributed by atoms with van der Waals surface area (Å²) in [7, 11) is -3.31. The summed E-state index contributed by atoms with van der Waals surface area (Å²) >= 11 is 0. The van der Waals surface area contributed by atoms with E-state index in [1.54, 1.807) is 8.61 Å². The number of nitrogens with zero attached hydrogens (tertiary/aromatic N) is 2. The molecule has 2 rings (SSSR count). The summed E-state index contributed by atoms with van der Waals surface area (Å²) in [6.45, 7) is 5.21. The minimum Gasteiger partial charge on any atom is -0.328 e. The second-order valence-corrected chi connectivity index (χ2v) is 8.07. The van der Waals surface area contributed by atoms with Gasteiger partial charge in [-0.05, 0) is 45.4 Å². The Hall–Kier alpha value is -0.170. The first-order valence-electron chi connectivity index (χ1n) is 8.01. The molecule has 0 bridgehead atoms. The first-order valence-corrected chi connectivity index (χ1v) is 9.40. The van der Waals surface area contributed by atoms with Gasteiger partial charge in [0.1, 0.15) is 0 Å². The summed E-state index contributed by atoms with van der Waals surface area (Å²) < 4.78 is 29.3. The van der Waals surface area contributed by atoms with Crippen LogP contribution in [0.1, 0.15) is 58.8 Å². The lowest BCUT2D eigenvalue weighted by atomic mass is 9.92. The smallest absolute Gasteiger partial charge is 0.282 e. The molecular weight excluding hydrogens is 274 g/mol. The molecular formula is C14H29N3O2S. The number of hydrogen-bond donors (Lipinski definition) is 1. The molecule has 1 aliphatic heterocycles. The average Bonchev–Trinajstić information content (AvgIpc) is 2.42. The molecule has 0 amide bonds. The Bertz CT molecular complexity index is 405. The zero-order valence-electron chi connectivity index (χ0n) is 12.8. The SMILES string of the molecule is CCN(C1CCC(N)CC1)S(=O)(=O)N1CCCCC1C. The molecule has 0 aromatic rings. The predicted molar refractivity (Wildman–Crippen MR) is 81.6 cm³/mol. The number of rotatable bonds is 4. The van der Waals surface area contributed by atoms with Crippen LogP contribution in [0.25, 0.3) is 0 Å². The summed E-state index contributed by atoms with van der Waals surface area (Å²) in [5.74, 6) is 0. The molecule has 2 N–H and O–H groups in total. The Morgan fingerprint density at radius 3 is 2.35 bits per heavy atom. The normalized spacial score (nSPS) is 33.5. The molecule has 20 heavy (non-hydrogen) atoms. The maximum Gasteiger partial charge on any atom is 0.282 e. The topological polar surface area (TPSA) is 66.6 Å². The lowest BCUT2D eigenvalue weighted by Crippen LogP contribution is -2.53. The van der Waals surface area contributed by atoms with Crippen molar-refractivity contribution in [3.8, 4) is 0 Å². The lowest BCUT2D eigenvalue weighted by molar-refractivity contribution is 0.204. The first-order chi connectivity index (χ1) is 9.46. The minimum atomic E-state index is -3.31. The monoisotopic (exact) mass is 303 g/mol. The molecule has 1 unspecified atom stereocenters. The van der Waals surface area contributed by atoms with E-state index in [1.165, 1.54) is 0 Å². The third-order valence-corrected chi connectivity index (χ3v) is 7.08. The van der Waals surface area contributed by atoms with Gasteiger partial charge >= 0.3 is 0 Å². The molecule has 2 aliphatic rings. The van der Waals surface area contributed by atoms with Crippen LogP contribution in [0.15, 0.2) is 0 Å². The van der Waals surface area contributed by atoms with E-state index >= 15 is 0 Å². The fraction of sp³-hybridized carbons (Fsp3) is 1.00. The molecule has 1 heterocycles. The van der Waals surface area contributed by atoms with Crippen molar-refractivity contribution in [3.05, 3.63) is 0 Å². The predicted octanol–water partition coefficient (Wildman–Crippen LogP) is 1.70. The fourth-order valence-electron chi connectivity index (χ4n) is 3.55. The van der Waals surface area contributed by atoms with Gasteiger partial charge in [-0.2, -0.15) is 17.0 Å². The highest BCUT2D eigenvalue weighted by Gasteiger charge is 2.38. The molecule has 6 heteroatoms. The second-order valence-electron chi connectivity index (χ2n) is 6.24. The van der Waals surface area contributed by atoms with E-state index in [1.807, 2.05) is 13.8 Å². The van der Waals surface area contributed by atoms with E-state index in [2.05, 4.69) is 0 Å².